The molecule has 0 fully saturated rings. The molecule has 0 amide bonds. The first kappa shape index (κ1) is 11.5. The molecule has 1 aromatic carbocycles. The predicted octanol–water partition coefficient (Wildman–Crippen LogP) is 3.08. The Morgan fingerprint density at radius 2 is 2.31 bits per heavy atom. The van der Waals surface area contributed by atoms with Crippen molar-refractivity contribution >= 4 is 34.3 Å². The van der Waals surface area contributed by atoms with Gasteiger partial charge in [0.1, 0.15) is 0 Å². The van der Waals surface area contributed by atoms with Crippen molar-refractivity contribution < 1.29 is 0 Å². The van der Waals surface area contributed by atoms with E-state index in [4.69, 9.17) is 11.6 Å². The van der Waals surface area contributed by atoms with Gasteiger partial charge in [-0.05, 0) is 42.0 Å². The van der Waals surface area contributed by atoms with E-state index in [9.17, 15) is 4.79 Å². The summed E-state index contributed by atoms with van der Waals surface area (Å²) in [5.74, 6) is 1.06. The molecule has 84 valence electrons. The first-order valence-corrected chi connectivity index (χ1v) is 6.39. The van der Waals surface area contributed by atoms with Crippen LogP contribution in [0.25, 0.3) is 10.9 Å². The lowest BCUT2D eigenvalue weighted by atomic mass is 10.2. The van der Waals surface area contributed by atoms with Gasteiger partial charge in [-0.1, -0.05) is 6.92 Å². The molecule has 1 N–H and O–H groups in total. The lowest BCUT2D eigenvalue weighted by Crippen LogP contribution is -2.07. The molecule has 3 nitrogen and oxygen atoms in total. The van der Waals surface area contributed by atoms with E-state index in [0.29, 0.717) is 10.9 Å². The second kappa shape index (κ2) is 4.89. The summed E-state index contributed by atoms with van der Waals surface area (Å²) in [5.41, 5.74) is 0.455. The van der Waals surface area contributed by atoms with E-state index < -0.39 is 0 Å². The summed E-state index contributed by atoms with van der Waals surface area (Å²) in [4.78, 5) is 19.2. The van der Waals surface area contributed by atoms with Gasteiger partial charge in [0.25, 0.3) is 5.56 Å². The zero-order chi connectivity index (χ0) is 11.5. The highest BCUT2D eigenvalue weighted by Gasteiger charge is 2.03. The number of halogens is 1. The monoisotopic (exact) mass is 254 g/mol. The van der Waals surface area contributed by atoms with E-state index in [1.807, 2.05) is 12.1 Å². The van der Waals surface area contributed by atoms with Crippen molar-refractivity contribution in [3.63, 3.8) is 0 Å². The maximum Gasteiger partial charge on any atom is 0.259 e. The van der Waals surface area contributed by atoms with Gasteiger partial charge < -0.3 is 0 Å². The van der Waals surface area contributed by atoms with E-state index in [-0.39, 0.29) is 10.8 Å². The minimum absolute atomic E-state index is 0.134. The summed E-state index contributed by atoms with van der Waals surface area (Å²) in [5, 5.41) is 0.709. The van der Waals surface area contributed by atoms with Crippen LogP contribution in [0.15, 0.2) is 27.9 Å². The fraction of sp³-hybridized carbons (Fsp3) is 0.273. The molecule has 0 radical (unpaired) electrons. The van der Waals surface area contributed by atoms with Gasteiger partial charge in [-0.3, -0.25) is 9.78 Å². The van der Waals surface area contributed by atoms with Gasteiger partial charge in [0.05, 0.1) is 10.9 Å². The van der Waals surface area contributed by atoms with Crippen molar-refractivity contribution in [3.8, 4) is 0 Å². The van der Waals surface area contributed by atoms with Gasteiger partial charge in [-0.2, -0.15) is 0 Å². The summed E-state index contributed by atoms with van der Waals surface area (Å²) in [6.45, 7) is 2.13. The third kappa shape index (κ3) is 2.39. The van der Waals surface area contributed by atoms with Gasteiger partial charge in [0, 0.05) is 4.90 Å². The van der Waals surface area contributed by atoms with Crippen molar-refractivity contribution in [2.75, 3.05) is 5.75 Å². The highest BCUT2D eigenvalue weighted by Crippen LogP contribution is 2.22. The quantitative estimate of drug-likeness (QED) is 0.676. The normalized spacial score (nSPS) is 10.9. The molecule has 0 unspecified atom stereocenters. The number of hydrogen-bond acceptors (Lipinski definition) is 3. The third-order valence-electron chi connectivity index (χ3n) is 2.12. The Hall–Kier alpha value is -1.00. The summed E-state index contributed by atoms with van der Waals surface area (Å²) in [6.07, 6.45) is 1.12. The van der Waals surface area contributed by atoms with Crippen LogP contribution in [-0.4, -0.2) is 15.7 Å². The molecule has 0 aliphatic rings. The van der Waals surface area contributed by atoms with Crippen LogP contribution >= 0.6 is 23.4 Å². The van der Waals surface area contributed by atoms with Crippen LogP contribution in [0.4, 0.5) is 0 Å². The Bertz CT molecular complexity index is 567. The maximum absolute atomic E-state index is 11.5. The fourth-order valence-electron chi connectivity index (χ4n) is 1.40. The average molecular weight is 255 g/mol. The highest BCUT2D eigenvalue weighted by molar-refractivity contribution is 7.99. The van der Waals surface area contributed by atoms with Crippen molar-refractivity contribution in [2.24, 2.45) is 0 Å². The molecule has 1 aromatic heterocycles. The molecular weight excluding hydrogens is 244 g/mol. The van der Waals surface area contributed by atoms with Gasteiger partial charge in [-0.15, -0.1) is 11.8 Å². The second-order valence-corrected chi connectivity index (χ2v) is 4.91. The smallest absolute Gasteiger partial charge is 0.259 e. The summed E-state index contributed by atoms with van der Waals surface area (Å²) < 4.78 is 0. The number of aromatic nitrogens is 2. The Morgan fingerprint density at radius 1 is 1.50 bits per heavy atom. The van der Waals surface area contributed by atoms with Crippen LogP contribution < -0.4 is 5.56 Å². The molecular formula is C11H11ClN2OS. The molecule has 16 heavy (non-hydrogen) atoms. The van der Waals surface area contributed by atoms with E-state index in [1.165, 1.54) is 0 Å². The second-order valence-electron chi connectivity index (χ2n) is 3.38. The van der Waals surface area contributed by atoms with Crippen molar-refractivity contribution in [2.45, 2.75) is 18.2 Å². The van der Waals surface area contributed by atoms with Crippen LogP contribution in [0.3, 0.4) is 0 Å². The Labute approximate surface area is 102 Å². The standard InChI is InChI=1S/C11H11ClN2OS/c1-2-5-16-7-3-4-8-9(6-7)13-11(12)14-10(8)15/h3-4,6H,2,5H2,1H3,(H,13,14,15). The number of thioether (sulfide) groups is 1. The number of benzene rings is 1. The molecule has 5 heteroatoms. The molecule has 0 aliphatic carbocycles. The zero-order valence-electron chi connectivity index (χ0n) is 8.79. The molecule has 0 atom stereocenters. The number of H-pyrrole nitrogens is 1. The number of nitrogens with one attached hydrogen (secondary N) is 1. The van der Waals surface area contributed by atoms with Crippen molar-refractivity contribution in [1.82, 2.24) is 9.97 Å². The maximum atomic E-state index is 11.5. The first-order chi connectivity index (χ1) is 7.70. The van der Waals surface area contributed by atoms with E-state index >= 15 is 0 Å². The van der Waals surface area contributed by atoms with Crippen LogP contribution in [0.1, 0.15) is 13.3 Å². The summed E-state index contributed by atoms with van der Waals surface area (Å²) in [7, 11) is 0. The molecule has 0 saturated carbocycles. The summed E-state index contributed by atoms with van der Waals surface area (Å²) in [6, 6.07) is 5.62. The van der Waals surface area contributed by atoms with Gasteiger partial charge >= 0.3 is 0 Å². The van der Waals surface area contributed by atoms with Crippen LogP contribution in [-0.2, 0) is 0 Å². The average Bonchev–Trinajstić information content (AvgIpc) is 2.25. The fourth-order valence-corrected chi connectivity index (χ4v) is 2.38. The minimum Gasteiger partial charge on any atom is -0.297 e. The topological polar surface area (TPSA) is 45.8 Å². The molecule has 2 aromatic rings. The first-order valence-electron chi connectivity index (χ1n) is 5.03. The SMILES string of the molecule is CCCSc1ccc2c(=O)[nH]c(Cl)nc2c1. The lowest BCUT2D eigenvalue weighted by Gasteiger charge is -2.01. The van der Waals surface area contributed by atoms with Crippen LogP contribution in [0.5, 0.6) is 0 Å². The van der Waals surface area contributed by atoms with Crippen LogP contribution in [0.2, 0.25) is 5.28 Å². The van der Waals surface area contributed by atoms with Crippen molar-refractivity contribution in [1.29, 1.82) is 0 Å². The molecule has 2 rings (SSSR count). The van der Waals surface area contributed by atoms with E-state index in [2.05, 4.69) is 16.9 Å². The van der Waals surface area contributed by atoms with E-state index in [0.717, 1.165) is 17.1 Å². The predicted molar refractivity (Wildman–Crippen MR) is 68.4 cm³/mol. The highest BCUT2D eigenvalue weighted by atomic mass is 35.5. The Kier molecular flexibility index (Phi) is 3.51. The minimum atomic E-state index is -0.193. The van der Waals surface area contributed by atoms with Crippen LogP contribution in [0, 0.1) is 0 Å². The van der Waals surface area contributed by atoms with Gasteiger partial charge in [0.2, 0.25) is 5.28 Å². The largest absolute Gasteiger partial charge is 0.297 e. The number of nitrogens with zero attached hydrogens (tertiary/aromatic N) is 1. The Balaban J connectivity index is 2.49. The number of aromatic amines is 1. The number of hydrogen-bond donors (Lipinski definition) is 1. The zero-order valence-corrected chi connectivity index (χ0v) is 10.4. The third-order valence-corrected chi connectivity index (χ3v) is 3.50. The molecule has 0 spiro atoms. The number of fused-ring (bicyclic) bond motifs is 1. The van der Waals surface area contributed by atoms with E-state index in [1.54, 1.807) is 17.8 Å². The van der Waals surface area contributed by atoms with Gasteiger partial charge in [-0.25, -0.2) is 4.98 Å². The number of rotatable bonds is 3. The lowest BCUT2D eigenvalue weighted by molar-refractivity contribution is 1.10. The van der Waals surface area contributed by atoms with Gasteiger partial charge in [0.15, 0.2) is 0 Å². The molecule has 0 aliphatic heterocycles. The summed E-state index contributed by atoms with van der Waals surface area (Å²) >= 11 is 7.46. The molecule has 0 bridgehead atoms. The van der Waals surface area contributed by atoms with Crippen molar-refractivity contribution in [3.05, 3.63) is 33.8 Å². The molecule has 1 heterocycles. The Morgan fingerprint density at radius 3 is 3.06 bits per heavy atom. The molecule has 0 saturated heterocycles.